The number of Topliss-reactive ketones (excluding diaryl/α,β-unsaturated/α-hetero) is 1. The number of methoxy groups -OCH3 is 1. The van der Waals surface area contributed by atoms with E-state index >= 15 is 0 Å². The van der Waals surface area contributed by atoms with E-state index in [1.54, 1.807) is 7.11 Å². The summed E-state index contributed by atoms with van der Waals surface area (Å²) >= 11 is 0. The maximum absolute atomic E-state index is 12.2. The summed E-state index contributed by atoms with van der Waals surface area (Å²) in [6.45, 7) is 10.4. The van der Waals surface area contributed by atoms with Crippen LogP contribution in [0.15, 0.2) is 12.1 Å². The van der Waals surface area contributed by atoms with Crippen LogP contribution in [0, 0.1) is 13.8 Å². The van der Waals surface area contributed by atoms with E-state index in [0.717, 1.165) is 22.4 Å². The van der Waals surface area contributed by atoms with Crippen LogP contribution in [0.25, 0.3) is 0 Å². The number of hydrogen-bond acceptors (Lipinski definition) is 3. The van der Waals surface area contributed by atoms with Crippen LogP contribution >= 0.6 is 0 Å². The standard InChI is InChI=1S/C15H23NO2/c1-10-8-14(18-6)11(2)7-12(10)13(17)9-16-15(3,4)5/h7-8,16H,9H2,1-6H3. The van der Waals surface area contributed by atoms with E-state index in [1.165, 1.54) is 0 Å². The van der Waals surface area contributed by atoms with Gasteiger partial charge in [0.15, 0.2) is 5.78 Å². The summed E-state index contributed by atoms with van der Waals surface area (Å²) in [6.07, 6.45) is 0. The molecule has 1 aromatic rings. The van der Waals surface area contributed by atoms with Gasteiger partial charge in [0.1, 0.15) is 5.75 Å². The monoisotopic (exact) mass is 249 g/mol. The number of aryl methyl sites for hydroxylation is 2. The van der Waals surface area contributed by atoms with Gasteiger partial charge >= 0.3 is 0 Å². The molecule has 1 aromatic carbocycles. The van der Waals surface area contributed by atoms with Crippen molar-refractivity contribution in [3.63, 3.8) is 0 Å². The molecule has 3 heteroatoms. The molecule has 0 spiro atoms. The highest BCUT2D eigenvalue weighted by Gasteiger charge is 2.15. The van der Waals surface area contributed by atoms with Gasteiger partial charge in [-0.1, -0.05) is 0 Å². The van der Waals surface area contributed by atoms with Crippen LogP contribution in [-0.2, 0) is 0 Å². The van der Waals surface area contributed by atoms with Crippen LogP contribution in [0.5, 0.6) is 5.75 Å². The maximum atomic E-state index is 12.2. The molecular formula is C15H23NO2. The average Bonchev–Trinajstić information content (AvgIpc) is 2.27. The summed E-state index contributed by atoms with van der Waals surface area (Å²) in [5.41, 5.74) is 2.66. The summed E-state index contributed by atoms with van der Waals surface area (Å²) < 4.78 is 5.25. The van der Waals surface area contributed by atoms with Gasteiger partial charge in [0.25, 0.3) is 0 Å². The zero-order valence-corrected chi connectivity index (χ0v) is 12.2. The molecule has 1 N–H and O–H groups in total. The maximum Gasteiger partial charge on any atom is 0.176 e. The van der Waals surface area contributed by atoms with Crippen molar-refractivity contribution < 1.29 is 9.53 Å². The van der Waals surface area contributed by atoms with E-state index in [2.05, 4.69) is 5.32 Å². The normalized spacial score (nSPS) is 11.4. The minimum Gasteiger partial charge on any atom is -0.496 e. The van der Waals surface area contributed by atoms with Crippen molar-refractivity contribution in [1.82, 2.24) is 5.32 Å². The lowest BCUT2D eigenvalue weighted by Crippen LogP contribution is -2.39. The Labute approximate surface area is 110 Å². The molecule has 1 rings (SSSR count). The van der Waals surface area contributed by atoms with Crippen LogP contribution in [0.2, 0.25) is 0 Å². The van der Waals surface area contributed by atoms with Gasteiger partial charge in [-0.15, -0.1) is 0 Å². The van der Waals surface area contributed by atoms with Crippen molar-refractivity contribution in [3.05, 3.63) is 28.8 Å². The Bertz CT molecular complexity index is 445. The minimum absolute atomic E-state index is 0.0505. The summed E-state index contributed by atoms with van der Waals surface area (Å²) in [4.78, 5) is 12.2. The van der Waals surface area contributed by atoms with Crippen LogP contribution in [0.4, 0.5) is 0 Å². The number of carbonyl (C=O) groups excluding carboxylic acids is 1. The predicted octanol–water partition coefficient (Wildman–Crippen LogP) is 2.88. The molecule has 0 atom stereocenters. The van der Waals surface area contributed by atoms with E-state index in [-0.39, 0.29) is 11.3 Å². The topological polar surface area (TPSA) is 38.3 Å². The van der Waals surface area contributed by atoms with Gasteiger partial charge in [-0.3, -0.25) is 4.79 Å². The third-order valence-corrected chi connectivity index (χ3v) is 2.82. The minimum atomic E-state index is -0.0505. The Balaban J connectivity index is 2.90. The van der Waals surface area contributed by atoms with E-state index < -0.39 is 0 Å². The van der Waals surface area contributed by atoms with E-state index in [9.17, 15) is 4.79 Å². The van der Waals surface area contributed by atoms with Crippen molar-refractivity contribution in [2.24, 2.45) is 0 Å². The molecule has 0 amide bonds. The SMILES string of the molecule is COc1cc(C)c(C(=O)CNC(C)(C)C)cc1C. The van der Waals surface area contributed by atoms with Crippen molar-refractivity contribution in [2.75, 3.05) is 13.7 Å². The lowest BCUT2D eigenvalue weighted by Gasteiger charge is -2.20. The Hall–Kier alpha value is -1.35. The fourth-order valence-corrected chi connectivity index (χ4v) is 1.75. The number of ether oxygens (including phenoxy) is 1. The van der Waals surface area contributed by atoms with Gasteiger partial charge in [-0.25, -0.2) is 0 Å². The number of carbonyl (C=O) groups is 1. The van der Waals surface area contributed by atoms with E-state index in [0.29, 0.717) is 6.54 Å². The first-order valence-electron chi connectivity index (χ1n) is 6.18. The average molecular weight is 249 g/mol. The van der Waals surface area contributed by atoms with Crippen molar-refractivity contribution in [2.45, 2.75) is 40.2 Å². The number of ketones is 1. The molecule has 100 valence electrons. The van der Waals surface area contributed by atoms with Crippen LogP contribution in [-0.4, -0.2) is 25.0 Å². The molecule has 0 saturated carbocycles. The summed E-state index contributed by atoms with van der Waals surface area (Å²) in [6, 6.07) is 3.82. The highest BCUT2D eigenvalue weighted by Crippen LogP contribution is 2.22. The second-order valence-electron chi connectivity index (χ2n) is 5.66. The third kappa shape index (κ3) is 3.84. The Morgan fingerprint density at radius 2 is 1.83 bits per heavy atom. The van der Waals surface area contributed by atoms with Crippen molar-refractivity contribution >= 4 is 5.78 Å². The molecule has 0 aliphatic heterocycles. The second kappa shape index (κ2) is 5.53. The fourth-order valence-electron chi connectivity index (χ4n) is 1.75. The molecule has 3 nitrogen and oxygen atoms in total. The van der Waals surface area contributed by atoms with Gasteiger partial charge in [0, 0.05) is 11.1 Å². The number of nitrogens with one attached hydrogen (secondary N) is 1. The molecule has 18 heavy (non-hydrogen) atoms. The molecule has 0 saturated heterocycles. The number of hydrogen-bond donors (Lipinski definition) is 1. The Morgan fingerprint density at radius 3 is 2.33 bits per heavy atom. The van der Waals surface area contributed by atoms with Gasteiger partial charge in [0.2, 0.25) is 0 Å². The number of rotatable bonds is 4. The zero-order valence-electron chi connectivity index (χ0n) is 12.2. The fraction of sp³-hybridized carbons (Fsp3) is 0.533. The van der Waals surface area contributed by atoms with Crippen molar-refractivity contribution in [1.29, 1.82) is 0 Å². The quantitative estimate of drug-likeness (QED) is 0.834. The van der Waals surface area contributed by atoms with Gasteiger partial charge in [-0.05, 0) is 57.9 Å². The Morgan fingerprint density at radius 1 is 1.22 bits per heavy atom. The molecule has 0 radical (unpaired) electrons. The first kappa shape index (κ1) is 14.7. The second-order valence-corrected chi connectivity index (χ2v) is 5.66. The lowest BCUT2D eigenvalue weighted by molar-refractivity contribution is 0.0981. The third-order valence-electron chi connectivity index (χ3n) is 2.82. The molecule has 0 fully saturated rings. The summed E-state index contributed by atoms with van der Waals surface area (Å²) in [5, 5.41) is 3.21. The molecule has 0 bridgehead atoms. The molecule has 0 aliphatic carbocycles. The van der Waals surface area contributed by atoms with Gasteiger partial charge < -0.3 is 10.1 Å². The molecule has 0 unspecified atom stereocenters. The zero-order chi connectivity index (χ0) is 13.9. The lowest BCUT2D eigenvalue weighted by atomic mass is 10.00. The first-order valence-corrected chi connectivity index (χ1v) is 6.18. The largest absolute Gasteiger partial charge is 0.496 e. The van der Waals surface area contributed by atoms with Gasteiger partial charge in [0.05, 0.1) is 13.7 Å². The first-order chi connectivity index (χ1) is 8.24. The smallest absolute Gasteiger partial charge is 0.176 e. The van der Waals surface area contributed by atoms with Crippen LogP contribution < -0.4 is 10.1 Å². The van der Waals surface area contributed by atoms with Crippen molar-refractivity contribution in [3.8, 4) is 5.75 Å². The van der Waals surface area contributed by atoms with E-state index in [1.807, 2.05) is 46.8 Å². The van der Waals surface area contributed by atoms with Crippen LogP contribution in [0.1, 0.15) is 42.3 Å². The van der Waals surface area contributed by atoms with E-state index in [4.69, 9.17) is 4.74 Å². The summed E-state index contributed by atoms with van der Waals surface area (Å²) in [7, 11) is 1.64. The van der Waals surface area contributed by atoms with Crippen LogP contribution in [0.3, 0.4) is 0 Å². The summed E-state index contributed by atoms with van der Waals surface area (Å²) in [5.74, 6) is 0.945. The molecular weight excluding hydrogens is 226 g/mol. The molecule has 0 aliphatic rings. The Kier molecular flexibility index (Phi) is 4.52. The molecule has 0 heterocycles. The molecule has 0 aromatic heterocycles. The highest BCUT2D eigenvalue weighted by atomic mass is 16.5. The number of benzene rings is 1. The highest BCUT2D eigenvalue weighted by molar-refractivity contribution is 5.99. The van der Waals surface area contributed by atoms with Gasteiger partial charge in [-0.2, -0.15) is 0 Å². The predicted molar refractivity (Wildman–Crippen MR) is 74.6 cm³/mol.